The number of carbonyl (C=O) groups excluding carboxylic acids is 3. The van der Waals surface area contributed by atoms with E-state index in [9.17, 15) is 27.6 Å². The van der Waals surface area contributed by atoms with Crippen molar-refractivity contribution in [3.63, 3.8) is 0 Å². The number of benzene rings is 3. The lowest BCUT2D eigenvalue weighted by Gasteiger charge is -2.26. The quantitative estimate of drug-likeness (QED) is 0.320. The highest BCUT2D eigenvalue weighted by Gasteiger charge is 2.42. The number of rotatable bonds is 9. The van der Waals surface area contributed by atoms with E-state index in [1.807, 2.05) is 30.3 Å². The van der Waals surface area contributed by atoms with Gasteiger partial charge in [0.15, 0.2) is 5.75 Å². The molecule has 8 nitrogen and oxygen atoms in total. The predicted octanol–water partition coefficient (Wildman–Crippen LogP) is 5.69. The molecule has 0 spiro atoms. The first-order valence-electron chi connectivity index (χ1n) is 12.8. The van der Waals surface area contributed by atoms with Crippen molar-refractivity contribution in [2.75, 3.05) is 4.90 Å². The molecular formula is C30H32F3N3O5. The Hall–Kier alpha value is -4.38. The van der Waals surface area contributed by atoms with Crippen molar-refractivity contribution in [1.82, 2.24) is 5.48 Å². The summed E-state index contributed by atoms with van der Waals surface area (Å²) in [5.41, 5.74) is 10.3. The molecule has 3 aromatic carbocycles. The van der Waals surface area contributed by atoms with Gasteiger partial charge in [0.25, 0.3) is 5.91 Å². The highest BCUT2D eigenvalue weighted by molar-refractivity contribution is 5.96. The number of alkyl halides is 3. The summed E-state index contributed by atoms with van der Waals surface area (Å²) in [6.07, 6.45) is -6.17. The van der Waals surface area contributed by atoms with Crippen LogP contribution in [0.15, 0.2) is 72.8 Å². The van der Waals surface area contributed by atoms with Crippen molar-refractivity contribution >= 4 is 23.5 Å². The summed E-state index contributed by atoms with van der Waals surface area (Å²) in [7, 11) is 0. The van der Waals surface area contributed by atoms with Crippen LogP contribution < -0.4 is 20.9 Å². The topological polar surface area (TPSA) is 111 Å². The molecule has 3 N–H and O–H groups in total. The van der Waals surface area contributed by atoms with Crippen LogP contribution in [0, 0.1) is 0 Å². The number of nitrogens with one attached hydrogen (secondary N) is 1. The summed E-state index contributed by atoms with van der Waals surface area (Å²) in [5.74, 6) is -3.26. The second kappa shape index (κ2) is 13.3. The molecule has 0 bridgehead atoms. The Labute approximate surface area is 236 Å². The number of carbonyl (C=O) groups is 3. The molecule has 0 atom stereocenters. The van der Waals surface area contributed by atoms with Crippen molar-refractivity contribution < 1.29 is 37.1 Å². The van der Waals surface area contributed by atoms with Gasteiger partial charge >= 0.3 is 12.1 Å². The maximum Gasteiger partial charge on any atom is 0.493 e. The van der Waals surface area contributed by atoms with Crippen LogP contribution in [0.25, 0.3) is 0 Å². The molecular weight excluding hydrogens is 539 g/mol. The van der Waals surface area contributed by atoms with E-state index >= 15 is 0 Å². The zero-order chi connectivity index (χ0) is 30.2. The Bertz CT molecular complexity index is 1370. The fraction of sp³-hybridized carbons (Fsp3) is 0.300. The lowest BCUT2D eigenvalue weighted by molar-refractivity contribution is -0.207. The van der Waals surface area contributed by atoms with Crippen LogP contribution in [0.3, 0.4) is 0 Å². The van der Waals surface area contributed by atoms with E-state index < -0.39 is 30.4 Å². The maximum atomic E-state index is 13.5. The van der Waals surface area contributed by atoms with Crippen LogP contribution in [-0.2, 0) is 37.7 Å². The second-order valence-electron chi connectivity index (χ2n) is 10.3. The second-order valence-corrected chi connectivity index (χ2v) is 10.3. The monoisotopic (exact) mass is 571 g/mol. The van der Waals surface area contributed by atoms with Crippen molar-refractivity contribution in [3.8, 4) is 11.5 Å². The fourth-order valence-electron chi connectivity index (χ4n) is 3.80. The minimum atomic E-state index is -5.27. The van der Waals surface area contributed by atoms with E-state index in [0.29, 0.717) is 23.7 Å². The van der Waals surface area contributed by atoms with Gasteiger partial charge in [0, 0.05) is 19.4 Å². The van der Waals surface area contributed by atoms with Crippen molar-refractivity contribution in [1.29, 1.82) is 0 Å². The van der Waals surface area contributed by atoms with Gasteiger partial charge in [-0.05, 0) is 46.4 Å². The average Bonchev–Trinajstić information content (AvgIpc) is 2.93. The number of para-hydroxylation sites is 2. The first-order chi connectivity index (χ1) is 19.3. The maximum absolute atomic E-state index is 13.5. The van der Waals surface area contributed by atoms with Crippen LogP contribution >= 0.6 is 0 Å². The minimum Gasteiger partial charge on any atom is -0.455 e. The summed E-state index contributed by atoms with van der Waals surface area (Å²) in [5, 5.41) is 0. The number of nitrogens with zero attached hydrogens (tertiary/aromatic N) is 1. The van der Waals surface area contributed by atoms with Gasteiger partial charge in [-0.2, -0.15) is 18.7 Å². The van der Waals surface area contributed by atoms with E-state index in [1.165, 1.54) is 10.4 Å². The molecule has 0 radical (unpaired) electrons. The molecule has 11 heteroatoms. The van der Waals surface area contributed by atoms with Crippen molar-refractivity contribution in [2.45, 2.75) is 58.3 Å². The highest BCUT2D eigenvalue weighted by Crippen LogP contribution is 2.34. The highest BCUT2D eigenvalue weighted by atomic mass is 19.4. The molecule has 0 aliphatic rings. The van der Waals surface area contributed by atoms with Gasteiger partial charge < -0.3 is 20.2 Å². The molecule has 0 heterocycles. The van der Waals surface area contributed by atoms with E-state index in [0.717, 1.165) is 16.7 Å². The first-order valence-corrected chi connectivity index (χ1v) is 12.8. The average molecular weight is 572 g/mol. The number of halogens is 3. The van der Waals surface area contributed by atoms with Crippen LogP contribution in [0.5, 0.6) is 11.5 Å². The Morgan fingerprint density at radius 3 is 2.20 bits per heavy atom. The van der Waals surface area contributed by atoms with Crippen LogP contribution in [0.4, 0.5) is 18.9 Å². The molecule has 0 aliphatic carbocycles. The van der Waals surface area contributed by atoms with E-state index in [1.54, 1.807) is 42.5 Å². The van der Waals surface area contributed by atoms with E-state index in [2.05, 4.69) is 25.6 Å². The van der Waals surface area contributed by atoms with Crippen LogP contribution in [-0.4, -0.2) is 24.0 Å². The molecule has 0 fully saturated rings. The van der Waals surface area contributed by atoms with E-state index in [4.69, 9.17) is 10.5 Å². The molecule has 3 rings (SSSR count). The summed E-state index contributed by atoms with van der Waals surface area (Å²) >= 11 is 0. The van der Waals surface area contributed by atoms with Crippen molar-refractivity contribution in [3.05, 3.63) is 89.5 Å². The predicted molar refractivity (Wildman–Crippen MR) is 147 cm³/mol. The molecule has 0 saturated carbocycles. The molecule has 0 saturated heterocycles. The lowest BCUT2D eigenvalue weighted by atomic mass is 9.87. The Balaban J connectivity index is 1.85. The Morgan fingerprint density at radius 2 is 1.56 bits per heavy atom. The Morgan fingerprint density at radius 1 is 0.878 bits per heavy atom. The van der Waals surface area contributed by atoms with Crippen LogP contribution in [0.1, 0.15) is 50.3 Å². The molecule has 41 heavy (non-hydrogen) atoms. The largest absolute Gasteiger partial charge is 0.493 e. The number of nitrogens with two attached hydrogens (primary N) is 1. The van der Waals surface area contributed by atoms with Gasteiger partial charge in [0.05, 0.1) is 12.2 Å². The number of hydroxylamine groups is 1. The van der Waals surface area contributed by atoms with E-state index in [-0.39, 0.29) is 18.4 Å². The third-order valence-corrected chi connectivity index (χ3v) is 6.03. The van der Waals surface area contributed by atoms with Crippen LogP contribution in [0.2, 0.25) is 0 Å². The molecule has 218 valence electrons. The third-order valence-electron chi connectivity index (χ3n) is 6.03. The minimum absolute atomic E-state index is 0.0739. The smallest absolute Gasteiger partial charge is 0.455 e. The summed E-state index contributed by atoms with van der Waals surface area (Å²) in [4.78, 5) is 41.6. The summed E-state index contributed by atoms with van der Waals surface area (Å²) in [6, 6.07) is 21.8. The summed E-state index contributed by atoms with van der Waals surface area (Å²) < 4.78 is 43.1. The molecule has 0 aromatic heterocycles. The standard InChI is InChI=1S/C30H32F3N3O5/c1-29(2,3)22-13-11-20(12-14-22)19-36(27(38)16-15-26(37)35-41-28(39)30(31,32)33)24-9-4-5-10-25(24)40-23-8-6-7-21(17-23)18-34/h4-14,17H,15-16,18-19,34H2,1-3H3,(H,35,37). The Kier molecular flexibility index (Phi) is 10.1. The van der Waals surface area contributed by atoms with Crippen molar-refractivity contribution in [2.24, 2.45) is 5.73 Å². The molecule has 0 unspecified atom stereocenters. The zero-order valence-electron chi connectivity index (χ0n) is 23.0. The SMILES string of the molecule is CC(C)(C)c1ccc(CN(C(=O)CCC(=O)NOC(=O)C(F)(F)F)c2ccccc2Oc2cccc(CN)c2)cc1. The number of hydrogen-bond acceptors (Lipinski definition) is 6. The lowest BCUT2D eigenvalue weighted by Crippen LogP contribution is -2.36. The number of ether oxygens (including phenoxy) is 1. The molecule has 2 amide bonds. The zero-order valence-corrected chi connectivity index (χ0v) is 23.0. The molecule has 0 aliphatic heterocycles. The van der Waals surface area contributed by atoms with Gasteiger partial charge in [-0.1, -0.05) is 69.3 Å². The third kappa shape index (κ3) is 9.07. The number of hydrogen-bond donors (Lipinski definition) is 2. The van der Waals surface area contributed by atoms with Gasteiger partial charge in [-0.15, -0.1) is 0 Å². The van der Waals surface area contributed by atoms with Gasteiger partial charge in [-0.3, -0.25) is 9.59 Å². The first kappa shape index (κ1) is 31.2. The van der Waals surface area contributed by atoms with Gasteiger partial charge in [0.1, 0.15) is 5.75 Å². The fourth-order valence-corrected chi connectivity index (χ4v) is 3.80. The number of amides is 2. The van der Waals surface area contributed by atoms with Gasteiger partial charge in [0.2, 0.25) is 5.91 Å². The van der Waals surface area contributed by atoms with Gasteiger partial charge in [-0.25, -0.2) is 4.79 Å². The molecule has 3 aromatic rings. The number of anilines is 1. The summed E-state index contributed by atoms with van der Waals surface area (Å²) in [6.45, 7) is 6.69. The normalized spacial score (nSPS) is 11.5.